The number of aromatic nitrogens is 1. The Hall–Kier alpha value is -2.45. The molecule has 0 saturated carbocycles. The SMILES string of the molecule is CCOC(=O)c1csc(CN(CCCOC)C(=O)Nc2cccc(C)c2C)n1. The van der Waals surface area contributed by atoms with Crippen LogP contribution in [0.5, 0.6) is 0 Å². The van der Waals surface area contributed by atoms with Gasteiger partial charge in [-0.05, 0) is 44.4 Å². The molecule has 2 amide bonds. The summed E-state index contributed by atoms with van der Waals surface area (Å²) in [6, 6.07) is 5.60. The maximum absolute atomic E-state index is 12.9. The van der Waals surface area contributed by atoms with E-state index in [4.69, 9.17) is 9.47 Å². The third-order valence-electron chi connectivity index (χ3n) is 4.27. The molecule has 1 aromatic carbocycles. The van der Waals surface area contributed by atoms with Crippen molar-refractivity contribution in [3.05, 3.63) is 45.4 Å². The van der Waals surface area contributed by atoms with Crippen LogP contribution >= 0.6 is 11.3 Å². The lowest BCUT2D eigenvalue weighted by atomic mass is 10.1. The van der Waals surface area contributed by atoms with Gasteiger partial charge in [0.15, 0.2) is 5.69 Å². The molecule has 8 heteroatoms. The summed E-state index contributed by atoms with van der Waals surface area (Å²) in [5, 5.41) is 5.31. The highest BCUT2D eigenvalue weighted by atomic mass is 32.1. The Morgan fingerprint density at radius 1 is 1.29 bits per heavy atom. The molecule has 0 spiro atoms. The Kier molecular flexibility index (Phi) is 8.41. The van der Waals surface area contributed by atoms with Crippen LogP contribution in [-0.4, -0.2) is 48.8 Å². The number of nitrogens with one attached hydrogen (secondary N) is 1. The van der Waals surface area contributed by atoms with Gasteiger partial charge in [0, 0.05) is 31.3 Å². The summed E-state index contributed by atoms with van der Waals surface area (Å²) in [7, 11) is 1.63. The molecule has 7 nitrogen and oxygen atoms in total. The normalized spacial score (nSPS) is 10.6. The molecule has 1 N–H and O–H groups in total. The highest BCUT2D eigenvalue weighted by Crippen LogP contribution is 2.20. The van der Waals surface area contributed by atoms with Crippen molar-refractivity contribution in [3.63, 3.8) is 0 Å². The molecule has 152 valence electrons. The van der Waals surface area contributed by atoms with Crippen molar-refractivity contribution in [3.8, 4) is 0 Å². The minimum Gasteiger partial charge on any atom is -0.461 e. The summed E-state index contributed by atoms with van der Waals surface area (Å²) in [6.45, 7) is 7.41. The monoisotopic (exact) mass is 405 g/mol. The number of thiazole rings is 1. The fourth-order valence-corrected chi connectivity index (χ4v) is 3.36. The number of benzene rings is 1. The van der Waals surface area contributed by atoms with Crippen LogP contribution in [-0.2, 0) is 16.0 Å². The Morgan fingerprint density at radius 2 is 2.07 bits per heavy atom. The van der Waals surface area contributed by atoms with Gasteiger partial charge in [-0.2, -0.15) is 0 Å². The molecule has 1 heterocycles. The molecular formula is C20H27N3O4S. The van der Waals surface area contributed by atoms with Crippen LogP contribution in [0.3, 0.4) is 0 Å². The number of hydrogen-bond donors (Lipinski definition) is 1. The first-order valence-corrected chi connectivity index (χ1v) is 10.1. The maximum Gasteiger partial charge on any atom is 0.357 e. The highest BCUT2D eigenvalue weighted by molar-refractivity contribution is 7.09. The number of aryl methyl sites for hydroxylation is 1. The van der Waals surface area contributed by atoms with E-state index < -0.39 is 5.97 Å². The van der Waals surface area contributed by atoms with Crippen molar-refractivity contribution in [1.82, 2.24) is 9.88 Å². The quantitative estimate of drug-likeness (QED) is 0.504. The minimum atomic E-state index is -0.448. The molecule has 28 heavy (non-hydrogen) atoms. The first-order chi connectivity index (χ1) is 13.5. The molecule has 0 atom stereocenters. The summed E-state index contributed by atoms with van der Waals surface area (Å²) in [6.07, 6.45) is 0.701. The second kappa shape index (κ2) is 10.8. The second-order valence-corrected chi connectivity index (χ2v) is 7.24. The van der Waals surface area contributed by atoms with Crippen molar-refractivity contribution < 1.29 is 19.1 Å². The molecule has 2 rings (SSSR count). The van der Waals surface area contributed by atoms with Gasteiger partial charge in [0.05, 0.1) is 13.2 Å². The number of ether oxygens (including phenoxy) is 2. The largest absolute Gasteiger partial charge is 0.461 e. The van der Waals surface area contributed by atoms with Gasteiger partial charge in [-0.25, -0.2) is 14.6 Å². The van der Waals surface area contributed by atoms with Gasteiger partial charge in [0.2, 0.25) is 0 Å². The third kappa shape index (κ3) is 6.03. The zero-order chi connectivity index (χ0) is 20.5. The number of rotatable bonds is 9. The van der Waals surface area contributed by atoms with Crippen molar-refractivity contribution >= 4 is 29.0 Å². The van der Waals surface area contributed by atoms with Crippen LogP contribution in [0.1, 0.15) is 40.0 Å². The highest BCUT2D eigenvalue weighted by Gasteiger charge is 2.18. The van der Waals surface area contributed by atoms with E-state index in [2.05, 4.69) is 10.3 Å². The van der Waals surface area contributed by atoms with E-state index in [-0.39, 0.29) is 11.7 Å². The molecule has 1 aromatic heterocycles. The number of esters is 1. The fourth-order valence-electron chi connectivity index (χ4n) is 2.58. The van der Waals surface area contributed by atoms with Gasteiger partial charge >= 0.3 is 12.0 Å². The summed E-state index contributed by atoms with van der Waals surface area (Å²) in [5.41, 5.74) is 3.20. The number of carbonyl (C=O) groups excluding carboxylic acids is 2. The lowest BCUT2D eigenvalue weighted by Crippen LogP contribution is -2.36. The van der Waals surface area contributed by atoms with Crippen LogP contribution in [0.15, 0.2) is 23.6 Å². The number of anilines is 1. The van der Waals surface area contributed by atoms with Gasteiger partial charge < -0.3 is 19.7 Å². The zero-order valence-electron chi connectivity index (χ0n) is 16.8. The number of nitrogens with zero attached hydrogens (tertiary/aromatic N) is 2. The fraction of sp³-hybridized carbons (Fsp3) is 0.450. The van der Waals surface area contributed by atoms with Crippen LogP contribution in [0.25, 0.3) is 0 Å². The predicted molar refractivity (Wildman–Crippen MR) is 110 cm³/mol. The Labute approximate surface area is 169 Å². The molecular weight excluding hydrogens is 378 g/mol. The molecule has 0 saturated heterocycles. The molecule has 0 bridgehead atoms. The predicted octanol–water partition coefficient (Wildman–Crippen LogP) is 4.01. The average Bonchev–Trinajstić information content (AvgIpc) is 3.14. The van der Waals surface area contributed by atoms with Gasteiger partial charge in [0.1, 0.15) is 5.01 Å². The number of urea groups is 1. The Bertz CT molecular complexity index is 806. The van der Waals surface area contributed by atoms with E-state index >= 15 is 0 Å². The number of methoxy groups -OCH3 is 1. The van der Waals surface area contributed by atoms with Crippen LogP contribution in [0.2, 0.25) is 0 Å². The molecule has 0 aliphatic carbocycles. The van der Waals surface area contributed by atoms with Crippen LogP contribution < -0.4 is 5.32 Å². The van der Waals surface area contributed by atoms with E-state index in [1.54, 1.807) is 24.3 Å². The van der Waals surface area contributed by atoms with Crippen molar-refractivity contribution in [1.29, 1.82) is 0 Å². The second-order valence-electron chi connectivity index (χ2n) is 6.29. The summed E-state index contributed by atoms with van der Waals surface area (Å²) in [5.74, 6) is -0.448. The minimum absolute atomic E-state index is 0.210. The van der Waals surface area contributed by atoms with Crippen molar-refractivity contribution in [2.75, 3.05) is 32.2 Å². The van der Waals surface area contributed by atoms with E-state index in [9.17, 15) is 9.59 Å². The smallest absolute Gasteiger partial charge is 0.357 e. The molecule has 0 aliphatic heterocycles. The van der Waals surface area contributed by atoms with E-state index in [1.165, 1.54) is 11.3 Å². The van der Waals surface area contributed by atoms with E-state index in [1.807, 2.05) is 32.0 Å². The van der Waals surface area contributed by atoms with Gasteiger partial charge in [-0.15, -0.1) is 11.3 Å². The lowest BCUT2D eigenvalue weighted by Gasteiger charge is -2.23. The maximum atomic E-state index is 12.9. The topological polar surface area (TPSA) is 80.8 Å². The van der Waals surface area contributed by atoms with E-state index in [0.717, 1.165) is 16.8 Å². The molecule has 0 fully saturated rings. The summed E-state index contributed by atoms with van der Waals surface area (Å²) >= 11 is 1.34. The van der Waals surface area contributed by atoms with Crippen molar-refractivity contribution in [2.24, 2.45) is 0 Å². The lowest BCUT2D eigenvalue weighted by molar-refractivity contribution is 0.0520. The number of hydrogen-bond acceptors (Lipinski definition) is 6. The van der Waals surface area contributed by atoms with Crippen LogP contribution in [0.4, 0.5) is 10.5 Å². The van der Waals surface area contributed by atoms with Crippen molar-refractivity contribution in [2.45, 2.75) is 33.7 Å². The average molecular weight is 406 g/mol. The summed E-state index contributed by atoms with van der Waals surface area (Å²) < 4.78 is 10.1. The Balaban J connectivity index is 2.11. The first kappa shape index (κ1) is 21.8. The first-order valence-electron chi connectivity index (χ1n) is 9.18. The Morgan fingerprint density at radius 3 is 2.79 bits per heavy atom. The van der Waals surface area contributed by atoms with Crippen LogP contribution in [0, 0.1) is 13.8 Å². The molecule has 0 radical (unpaired) electrons. The standard InChI is InChI=1S/C20H27N3O4S/c1-5-27-19(24)17-13-28-18(21-17)12-23(10-7-11-26-4)20(25)22-16-9-6-8-14(2)15(16)3/h6,8-9,13H,5,7,10-12H2,1-4H3,(H,22,25). The van der Waals surface area contributed by atoms with E-state index in [0.29, 0.717) is 37.7 Å². The summed E-state index contributed by atoms with van der Waals surface area (Å²) in [4.78, 5) is 30.7. The van der Waals surface area contributed by atoms with Gasteiger partial charge in [-0.1, -0.05) is 12.1 Å². The van der Waals surface area contributed by atoms with Gasteiger partial charge in [0.25, 0.3) is 0 Å². The molecule has 0 unspecified atom stereocenters. The number of carbonyl (C=O) groups is 2. The molecule has 2 aromatic rings. The molecule has 0 aliphatic rings. The zero-order valence-corrected chi connectivity index (χ0v) is 17.6. The third-order valence-corrected chi connectivity index (χ3v) is 5.11. The number of amides is 2. The van der Waals surface area contributed by atoms with Gasteiger partial charge in [-0.3, -0.25) is 0 Å².